The lowest BCUT2D eigenvalue weighted by Gasteiger charge is -2.11. The molecule has 0 saturated heterocycles. The lowest BCUT2D eigenvalue weighted by Crippen LogP contribution is -2.35. The number of nitrogens with one attached hydrogen (secondary N) is 1. The van der Waals surface area contributed by atoms with Crippen molar-refractivity contribution in [2.45, 2.75) is 33.4 Å². The van der Waals surface area contributed by atoms with E-state index in [4.69, 9.17) is 16.3 Å². The largest absolute Gasteiger partial charge is 0.449 e. The van der Waals surface area contributed by atoms with Gasteiger partial charge in [-0.15, -0.1) is 6.58 Å². The Balaban J connectivity index is 2.06. The van der Waals surface area contributed by atoms with E-state index in [0.717, 1.165) is 22.5 Å². The summed E-state index contributed by atoms with van der Waals surface area (Å²) in [7, 11) is 0. The van der Waals surface area contributed by atoms with Crippen LogP contribution in [0.4, 0.5) is 0 Å². The maximum absolute atomic E-state index is 12.0. The van der Waals surface area contributed by atoms with Gasteiger partial charge in [-0.2, -0.15) is 5.10 Å². The SMILES string of the molecule is C=CCNC(=O)[C@H](C)OC(=O)/C=C/c1c(C)nn(Cc2ccccc2Cl)c1C. The van der Waals surface area contributed by atoms with Gasteiger partial charge >= 0.3 is 5.97 Å². The summed E-state index contributed by atoms with van der Waals surface area (Å²) in [4.78, 5) is 23.8. The van der Waals surface area contributed by atoms with Crippen LogP contribution in [0.3, 0.4) is 0 Å². The number of benzene rings is 1. The smallest absolute Gasteiger partial charge is 0.331 e. The zero-order valence-electron chi connectivity index (χ0n) is 16.2. The Morgan fingerprint density at radius 2 is 2.07 bits per heavy atom. The highest BCUT2D eigenvalue weighted by atomic mass is 35.5. The molecule has 148 valence electrons. The Kier molecular flexibility index (Phi) is 7.58. The first-order valence-corrected chi connectivity index (χ1v) is 9.26. The number of hydrogen-bond donors (Lipinski definition) is 1. The monoisotopic (exact) mass is 401 g/mol. The molecule has 1 aromatic heterocycles. The van der Waals surface area contributed by atoms with Gasteiger partial charge in [-0.1, -0.05) is 35.9 Å². The number of amides is 1. The molecule has 1 amide bonds. The van der Waals surface area contributed by atoms with E-state index in [9.17, 15) is 9.59 Å². The van der Waals surface area contributed by atoms with Gasteiger partial charge in [0, 0.05) is 28.9 Å². The quantitative estimate of drug-likeness (QED) is 0.417. The molecule has 0 bridgehead atoms. The highest BCUT2D eigenvalue weighted by Crippen LogP contribution is 2.20. The molecule has 0 aliphatic heterocycles. The fourth-order valence-electron chi connectivity index (χ4n) is 2.63. The van der Waals surface area contributed by atoms with Crippen LogP contribution in [0.15, 0.2) is 43.0 Å². The molecular weight excluding hydrogens is 378 g/mol. The predicted octanol–water partition coefficient (Wildman–Crippen LogP) is 3.45. The Hall–Kier alpha value is -2.86. The molecule has 0 unspecified atom stereocenters. The van der Waals surface area contributed by atoms with Crippen molar-refractivity contribution in [3.8, 4) is 0 Å². The summed E-state index contributed by atoms with van der Waals surface area (Å²) >= 11 is 6.23. The highest BCUT2D eigenvalue weighted by Gasteiger charge is 2.16. The van der Waals surface area contributed by atoms with Crippen LogP contribution < -0.4 is 5.32 Å². The third-order valence-corrected chi connectivity index (χ3v) is 4.55. The first-order valence-electron chi connectivity index (χ1n) is 8.88. The highest BCUT2D eigenvalue weighted by molar-refractivity contribution is 6.31. The molecule has 0 spiro atoms. The Morgan fingerprint density at radius 3 is 2.75 bits per heavy atom. The number of hydrogen-bond acceptors (Lipinski definition) is 4. The zero-order valence-corrected chi connectivity index (χ0v) is 17.0. The van der Waals surface area contributed by atoms with Crippen molar-refractivity contribution in [2.24, 2.45) is 0 Å². The lowest BCUT2D eigenvalue weighted by atomic mass is 10.1. The molecular formula is C21H24ClN3O3. The normalized spacial score (nSPS) is 12.0. The van der Waals surface area contributed by atoms with E-state index in [1.54, 1.807) is 12.2 Å². The number of nitrogens with zero attached hydrogens (tertiary/aromatic N) is 2. The van der Waals surface area contributed by atoms with Crippen molar-refractivity contribution >= 4 is 29.6 Å². The second kappa shape index (κ2) is 9.90. The topological polar surface area (TPSA) is 73.2 Å². The van der Waals surface area contributed by atoms with Crippen LogP contribution >= 0.6 is 11.6 Å². The molecule has 1 heterocycles. The number of aryl methyl sites for hydroxylation is 1. The average Bonchev–Trinajstić information content (AvgIpc) is 2.92. The summed E-state index contributed by atoms with van der Waals surface area (Å²) in [5.74, 6) is -0.972. The van der Waals surface area contributed by atoms with E-state index < -0.39 is 12.1 Å². The van der Waals surface area contributed by atoms with Crippen LogP contribution in [-0.4, -0.2) is 34.3 Å². The summed E-state index contributed by atoms with van der Waals surface area (Å²) in [6, 6.07) is 7.60. The van der Waals surface area contributed by atoms with Crippen LogP contribution in [0, 0.1) is 13.8 Å². The van der Waals surface area contributed by atoms with Gasteiger partial charge in [-0.25, -0.2) is 4.79 Å². The number of ether oxygens (including phenoxy) is 1. The van der Waals surface area contributed by atoms with Crippen molar-refractivity contribution < 1.29 is 14.3 Å². The minimum Gasteiger partial charge on any atom is -0.449 e. The first-order chi connectivity index (χ1) is 13.3. The van der Waals surface area contributed by atoms with Gasteiger partial charge in [0.05, 0.1) is 12.2 Å². The summed E-state index contributed by atoms with van der Waals surface area (Å²) in [6.07, 6.45) is 3.62. The summed E-state index contributed by atoms with van der Waals surface area (Å²) in [5.41, 5.74) is 3.47. The van der Waals surface area contributed by atoms with Gasteiger partial charge in [0.15, 0.2) is 6.10 Å². The van der Waals surface area contributed by atoms with Gasteiger partial charge in [0.2, 0.25) is 0 Å². The number of esters is 1. The van der Waals surface area contributed by atoms with E-state index in [1.165, 1.54) is 13.0 Å². The molecule has 1 aromatic carbocycles. The van der Waals surface area contributed by atoms with Crippen molar-refractivity contribution in [2.75, 3.05) is 6.54 Å². The van der Waals surface area contributed by atoms with Crippen LogP contribution in [0.5, 0.6) is 0 Å². The number of aromatic nitrogens is 2. The molecule has 1 N–H and O–H groups in total. The average molecular weight is 402 g/mol. The summed E-state index contributed by atoms with van der Waals surface area (Å²) in [5, 5.41) is 7.79. The Morgan fingerprint density at radius 1 is 1.36 bits per heavy atom. The number of rotatable bonds is 8. The maximum atomic E-state index is 12.0. The minimum absolute atomic E-state index is 0.319. The first kappa shape index (κ1) is 21.4. The predicted molar refractivity (Wildman–Crippen MR) is 110 cm³/mol. The van der Waals surface area contributed by atoms with E-state index in [1.807, 2.05) is 42.8 Å². The molecule has 2 aromatic rings. The molecule has 6 nitrogen and oxygen atoms in total. The van der Waals surface area contributed by atoms with Gasteiger partial charge in [-0.05, 0) is 38.5 Å². The molecule has 28 heavy (non-hydrogen) atoms. The van der Waals surface area contributed by atoms with Crippen molar-refractivity contribution in [3.63, 3.8) is 0 Å². The third kappa shape index (κ3) is 5.57. The summed E-state index contributed by atoms with van der Waals surface area (Å²) in [6.45, 7) is 9.68. The number of carbonyl (C=O) groups is 2. The van der Waals surface area contributed by atoms with E-state index in [-0.39, 0.29) is 5.91 Å². The fraction of sp³-hybridized carbons (Fsp3) is 0.286. The van der Waals surface area contributed by atoms with Crippen molar-refractivity contribution in [1.82, 2.24) is 15.1 Å². The molecule has 0 aliphatic carbocycles. The summed E-state index contributed by atoms with van der Waals surface area (Å²) < 4.78 is 6.95. The van der Waals surface area contributed by atoms with Crippen LogP contribution in [0.2, 0.25) is 5.02 Å². The van der Waals surface area contributed by atoms with E-state index >= 15 is 0 Å². The van der Waals surface area contributed by atoms with Crippen LogP contribution in [-0.2, 0) is 20.9 Å². The zero-order chi connectivity index (χ0) is 20.7. The number of halogens is 1. The second-order valence-corrected chi connectivity index (χ2v) is 6.69. The molecule has 1 atom stereocenters. The van der Waals surface area contributed by atoms with Crippen LogP contribution in [0.25, 0.3) is 6.08 Å². The van der Waals surface area contributed by atoms with E-state index in [0.29, 0.717) is 18.1 Å². The molecule has 7 heteroatoms. The number of carbonyl (C=O) groups excluding carboxylic acids is 2. The molecule has 0 fully saturated rings. The molecule has 2 rings (SSSR count). The van der Waals surface area contributed by atoms with Crippen LogP contribution in [0.1, 0.15) is 29.4 Å². The second-order valence-electron chi connectivity index (χ2n) is 6.28. The van der Waals surface area contributed by atoms with Crippen molar-refractivity contribution in [3.05, 3.63) is 70.5 Å². The Labute approximate surface area is 169 Å². The Bertz CT molecular complexity index is 902. The maximum Gasteiger partial charge on any atom is 0.331 e. The minimum atomic E-state index is -0.887. The fourth-order valence-corrected chi connectivity index (χ4v) is 2.82. The van der Waals surface area contributed by atoms with Crippen molar-refractivity contribution in [1.29, 1.82) is 0 Å². The lowest BCUT2D eigenvalue weighted by molar-refractivity contribution is -0.150. The van der Waals surface area contributed by atoms with E-state index in [2.05, 4.69) is 17.0 Å². The van der Waals surface area contributed by atoms with Gasteiger partial charge in [0.1, 0.15) is 0 Å². The van der Waals surface area contributed by atoms with Gasteiger partial charge < -0.3 is 10.1 Å². The third-order valence-electron chi connectivity index (χ3n) is 4.18. The molecule has 0 radical (unpaired) electrons. The van der Waals surface area contributed by atoms with Gasteiger partial charge in [0.25, 0.3) is 5.91 Å². The standard InChI is InChI=1S/C21H24ClN3O3/c1-5-12-23-21(27)16(4)28-20(26)11-10-18-14(2)24-25(15(18)3)13-17-8-6-7-9-19(17)22/h5-11,16H,1,12-13H2,2-4H3,(H,23,27)/b11-10+/t16-/m0/s1. The van der Waals surface area contributed by atoms with Gasteiger partial charge in [-0.3, -0.25) is 9.48 Å². The molecule has 0 saturated carbocycles. The molecule has 0 aliphatic rings.